The molecule has 0 aliphatic heterocycles. The third-order valence-corrected chi connectivity index (χ3v) is 4.01. The topological polar surface area (TPSA) is 61.7 Å². The first-order valence-corrected chi connectivity index (χ1v) is 8.52. The van der Waals surface area contributed by atoms with Gasteiger partial charge in [-0.05, 0) is 29.8 Å². The quantitative estimate of drug-likeness (QED) is 0.448. The van der Waals surface area contributed by atoms with Crippen molar-refractivity contribution in [3.8, 4) is 0 Å². The maximum atomic E-state index is 13.1. The number of carbonyl (C=O) groups is 1. The van der Waals surface area contributed by atoms with E-state index in [4.69, 9.17) is 0 Å². The summed E-state index contributed by atoms with van der Waals surface area (Å²) >= 11 is 0. The smallest absolute Gasteiger partial charge is 0.224 e. The van der Waals surface area contributed by atoms with Crippen molar-refractivity contribution in [1.82, 2.24) is 20.1 Å². The average molecular weight is 359 g/mol. The molecule has 1 heterocycles. The Kier molecular flexibility index (Phi) is 7.20. The maximum absolute atomic E-state index is 13.1. The number of halogens is 1. The van der Waals surface area contributed by atoms with Gasteiger partial charge < -0.3 is 20.1 Å². The molecule has 0 radical (unpaired) electrons. The largest absolute Gasteiger partial charge is 0.354 e. The molecule has 0 aliphatic rings. The highest BCUT2D eigenvalue weighted by atomic mass is 19.1. The number of carbonyl (C=O) groups excluding carboxylic acids is 1. The zero-order valence-corrected chi connectivity index (χ0v) is 15.5. The highest BCUT2D eigenvalue weighted by molar-refractivity contribution is 5.80. The molecule has 0 spiro atoms. The summed E-state index contributed by atoms with van der Waals surface area (Å²) in [6.07, 6.45) is 2.17. The van der Waals surface area contributed by atoms with E-state index >= 15 is 0 Å². The Morgan fingerprint density at radius 3 is 2.65 bits per heavy atom. The summed E-state index contributed by atoms with van der Waals surface area (Å²) in [7, 11) is 5.70. The Balaban J connectivity index is 1.71. The van der Waals surface area contributed by atoms with E-state index in [9.17, 15) is 9.18 Å². The number of aryl methyl sites for hydroxylation is 1. The molecule has 0 bridgehead atoms. The summed E-state index contributed by atoms with van der Waals surface area (Å²) in [5.74, 6) is 0.289. The molecular formula is C19H26FN5O. The van der Waals surface area contributed by atoms with Gasteiger partial charge in [-0.25, -0.2) is 4.39 Å². The Morgan fingerprint density at radius 2 is 2.00 bits per heavy atom. The van der Waals surface area contributed by atoms with Gasteiger partial charge in [-0.1, -0.05) is 12.1 Å². The Morgan fingerprint density at radius 1 is 1.23 bits per heavy atom. The van der Waals surface area contributed by atoms with Crippen LogP contribution in [0.2, 0.25) is 0 Å². The minimum absolute atomic E-state index is 0.135. The van der Waals surface area contributed by atoms with Crippen molar-refractivity contribution in [2.24, 2.45) is 12.0 Å². The van der Waals surface area contributed by atoms with Crippen LogP contribution in [0.3, 0.4) is 0 Å². The van der Waals surface area contributed by atoms with Gasteiger partial charge >= 0.3 is 0 Å². The lowest BCUT2D eigenvalue weighted by Gasteiger charge is -2.22. The SMILES string of the molecule is CN=C(NCCNC(=O)Cc1cccc(F)c1)N(C)Cc1cccn1C. The number of hydrogen-bond donors (Lipinski definition) is 2. The van der Waals surface area contributed by atoms with E-state index in [-0.39, 0.29) is 18.1 Å². The fourth-order valence-corrected chi connectivity index (χ4v) is 2.63. The highest BCUT2D eigenvalue weighted by Crippen LogP contribution is 2.04. The van der Waals surface area contributed by atoms with Gasteiger partial charge in [0, 0.05) is 46.1 Å². The molecule has 2 rings (SSSR count). The third-order valence-electron chi connectivity index (χ3n) is 4.01. The molecule has 0 saturated carbocycles. The Hall–Kier alpha value is -2.83. The fourth-order valence-electron chi connectivity index (χ4n) is 2.63. The monoisotopic (exact) mass is 359 g/mol. The first kappa shape index (κ1) is 19.5. The minimum atomic E-state index is -0.331. The second-order valence-corrected chi connectivity index (χ2v) is 6.10. The van der Waals surface area contributed by atoms with E-state index < -0.39 is 0 Å². The van der Waals surface area contributed by atoms with Gasteiger partial charge in [-0.3, -0.25) is 9.79 Å². The van der Waals surface area contributed by atoms with E-state index in [1.807, 2.05) is 31.3 Å². The van der Waals surface area contributed by atoms with Crippen LogP contribution in [0.1, 0.15) is 11.3 Å². The molecule has 6 nitrogen and oxygen atoms in total. The molecule has 2 N–H and O–H groups in total. The molecule has 0 aliphatic carbocycles. The number of benzene rings is 1. The van der Waals surface area contributed by atoms with Gasteiger partial charge in [0.1, 0.15) is 5.82 Å². The molecule has 0 unspecified atom stereocenters. The lowest BCUT2D eigenvalue weighted by Crippen LogP contribution is -2.42. The Labute approximate surface area is 153 Å². The predicted molar refractivity (Wildman–Crippen MR) is 101 cm³/mol. The molecule has 0 atom stereocenters. The number of aliphatic imine (C=N–C) groups is 1. The number of rotatable bonds is 7. The number of nitrogens with zero attached hydrogens (tertiary/aromatic N) is 3. The van der Waals surface area contributed by atoms with Crippen molar-refractivity contribution in [3.05, 3.63) is 59.7 Å². The number of nitrogens with one attached hydrogen (secondary N) is 2. The summed E-state index contributed by atoms with van der Waals surface area (Å²) in [5, 5.41) is 6.04. The molecule has 26 heavy (non-hydrogen) atoms. The predicted octanol–water partition coefficient (Wildman–Crippen LogP) is 1.53. The molecular weight excluding hydrogens is 333 g/mol. The summed E-state index contributed by atoms with van der Waals surface area (Å²) in [6.45, 7) is 1.75. The summed E-state index contributed by atoms with van der Waals surface area (Å²) < 4.78 is 15.2. The van der Waals surface area contributed by atoms with Crippen LogP contribution in [-0.4, -0.2) is 48.5 Å². The van der Waals surface area contributed by atoms with Crippen molar-refractivity contribution in [2.75, 3.05) is 27.2 Å². The molecule has 2 aromatic rings. The van der Waals surface area contributed by atoms with Crippen LogP contribution in [0.25, 0.3) is 0 Å². The van der Waals surface area contributed by atoms with Gasteiger partial charge in [0.25, 0.3) is 0 Å². The van der Waals surface area contributed by atoms with Gasteiger partial charge in [0.15, 0.2) is 5.96 Å². The van der Waals surface area contributed by atoms with Crippen LogP contribution in [0.15, 0.2) is 47.6 Å². The second kappa shape index (κ2) is 9.60. The van der Waals surface area contributed by atoms with Crippen LogP contribution in [0, 0.1) is 5.82 Å². The van der Waals surface area contributed by atoms with Gasteiger partial charge in [0.05, 0.1) is 13.0 Å². The summed E-state index contributed by atoms with van der Waals surface area (Å²) in [6, 6.07) is 10.2. The Bertz CT molecular complexity index is 756. The van der Waals surface area contributed by atoms with Crippen LogP contribution in [0.5, 0.6) is 0 Å². The number of aromatic nitrogens is 1. The van der Waals surface area contributed by atoms with Crippen molar-refractivity contribution >= 4 is 11.9 Å². The normalized spacial score (nSPS) is 11.3. The number of guanidine groups is 1. The van der Waals surface area contributed by atoms with Crippen LogP contribution >= 0.6 is 0 Å². The van der Waals surface area contributed by atoms with Crippen LogP contribution in [0.4, 0.5) is 4.39 Å². The zero-order chi connectivity index (χ0) is 18.9. The molecule has 1 aromatic carbocycles. The van der Waals surface area contributed by atoms with E-state index in [1.54, 1.807) is 19.2 Å². The molecule has 7 heteroatoms. The van der Waals surface area contributed by atoms with Crippen LogP contribution < -0.4 is 10.6 Å². The van der Waals surface area contributed by atoms with Crippen molar-refractivity contribution in [1.29, 1.82) is 0 Å². The van der Waals surface area contributed by atoms with E-state index in [0.29, 0.717) is 18.7 Å². The lowest BCUT2D eigenvalue weighted by molar-refractivity contribution is -0.120. The molecule has 1 aromatic heterocycles. The molecule has 0 saturated heterocycles. The van der Waals surface area contributed by atoms with Crippen molar-refractivity contribution in [2.45, 2.75) is 13.0 Å². The maximum Gasteiger partial charge on any atom is 0.224 e. The first-order valence-electron chi connectivity index (χ1n) is 8.52. The van der Waals surface area contributed by atoms with Crippen LogP contribution in [-0.2, 0) is 24.8 Å². The fraction of sp³-hybridized carbons (Fsp3) is 0.368. The molecule has 140 valence electrons. The minimum Gasteiger partial charge on any atom is -0.354 e. The number of amides is 1. The van der Waals surface area contributed by atoms with Gasteiger partial charge in [-0.15, -0.1) is 0 Å². The van der Waals surface area contributed by atoms with E-state index in [2.05, 4.69) is 26.3 Å². The second-order valence-electron chi connectivity index (χ2n) is 6.10. The first-order chi connectivity index (χ1) is 12.5. The van der Waals surface area contributed by atoms with Crippen molar-refractivity contribution < 1.29 is 9.18 Å². The molecule has 1 amide bonds. The van der Waals surface area contributed by atoms with Crippen molar-refractivity contribution in [3.63, 3.8) is 0 Å². The zero-order valence-electron chi connectivity index (χ0n) is 15.5. The van der Waals surface area contributed by atoms with Gasteiger partial charge in [0.2, 0.25) is 5.91 Å². The standard InChI is InChI=1S/C19H26FN5O/c1-21-19(25(3)14-17-8-5-11-24(17)2)23-10-9-22-18(26)13-15-6-4-7-16(20)12-15/h4-8,11-12H,9-10,13-14H2,1-3H3,(H,21,23)(H,22,26). The third kappa shape index (κ3) is 5.91. The average Bonchev–Trinajstić information content (AvgIpc) is 2.99. The number of hydrogen-bond acceptors (Lipinski definition) is 2. The summed E-state index contributed by atoms with van der Waals surface area (Å²) in [4.78, 5) is 18.2. The van der Waals surface area contributed by atoms with E-state index in [0.717, 1.165) is 12.5 Å². The van der Waals surface area contributed by atoms with E-state index in [1.165, 1.54) is 17.8 Å². The lowest BCUT2D eigenvalue weighted by atomic mass is 10.1. The van der Waals surface area contributed by atoms with Gasteiger partial charge in [-0.2, -0.15) is 0 Å². The molecule has 0 fully saturated rings. The highest BCUT2D eigenvalue weighted by Gasteiger charge is 2.08. The summed E-state index contributed by atoms with van der Waals surface area (Å²) in [5.41, 5.74) is 1.84.